The molecule has 0 amide bonds. The Bertz CT molecular complexity index is 797. The van der Waals surface area contributed by atoms with Gasteiger partial charge in [-0.05, 0) is 29.1 Å². The summed E-state index contributed by atoms with van der Waals surface area (Å²) < 4.78 is 12.6. The average molecular weight is 455 g/mol. The van der Waals surface area contributed by atoms with Crippen LogP contribution >= 0.6 is 39.7 Å². The summed E-state index contributed by atoms with van der Waals surface area (Å²) in [7, 11) is 1.67. The highest BCUT2D eigenvalue weighted by molar-refractivity contribution is 9.10. The van der Waals surface area contributed by atoms with Gasteiger partial charge in [0.15, 0.2) is 11.5 Å². The van der Waals surface area contributed by atoms with Crippen LogP contribution < -0.4 is 14.8 Å². The van der Waals surface area contributed by atoms with E-state index in [1.165, 1.54) is 4.88 Å². The summed E-state index contributed by atoms with van der Waals surface area (Å²) in [5.41, 5.74) is 2.20. The summed E-state index contributed by atoms with van der Waals surface area (Å²) in [5, 5.41) is 5.57. The lowest BCUT2D eigenvalue weighted by Crippen LogP contribution is -2.13. The number of nitrogens with one attached hydrogen (secondary N) is 1. The van der Waals surface area contributed by atoms with Gasteiger partial charge >= 0.3 is 0 Å². The van der Waals surface area contributed by atoms with E-state index in [1.807, 2.05) is 24.3 Å². The number of ether oxygens (including phenoxy) is 2. The maximum absolute atomic E-state index is 6.10. The molecule has 138 valence electrons. The summed E-state index contributed by atoms with van der Waals surface area (Å²) in [6.07, 6.45) is 0. The van der Waals surface area contributed by atoms with E-state index >= 15 is 0 Å². The Kier molecular flexibility index (Phi) is 8.45. The minimum absolute atomic E-state index is 0. The number of hydrogen-bond donors (Lipinski definition) is 1. The van der Waals surface area contributed by atoms with Gasteiger partial charge in [0.25, 0.3) is 0 Å². The van der Waals surface area contributed by atoms with Crippen LogP contribution in [0.2, 0.25) is 0 Å². The Hall–Kier alpha value is -1.53. The molecule has 0 spiro atoms. The maximum Gasteiger partial charge on any atom is 0.166 e. The summed E-state index contributed by atoms with van der Waals surface area (Å²) in [5.74, 6) is 1.52. The van der Waals surface area contributed by atoms with Crippen LogP contribution in [0.15, 0.2) is 64.5 Å². The first-order valence-corrected chi connectivity index (χ1v) is 9.70. The van der Waals surface area contributed by atoms with Crippen molar-refractivity contribution in [3.63, 3.8) is 0 Å². The Labute approximate surface area is 172 Å². The topological polar surface area (TPSA) is 30.5 Å². The molecule has 0 aliphatic carbocycles. The second kappa shape index (κ2) is 10.6. The highest BCUT2D eigenvalue weighted by Gasteiger charge is 2.13. The van der Waals surface area contributed by atoms with Crippen molar-refractivity contribution in [3.05, 3.63) is 80.5 Å². The number of methoxy groups -OCH3 is 1. The van der Waals surface area contributed by atoms with Crippen LogP contribution in [0.5, 0.6) is 11.5 Å². The first-order chi connectivity index (χ1) is 12.3. The minimum atomic E-state index is 0. The molecule has 0 saturated heterocycles. The van der Waals surface area contributed by atoms with Crippen LogP contribution in [0.3, 0.4) is 0 Å². The third kappa shape index (κ3) is 5.74. The smallest absolute Gasteiger partial charge is 0.166 e. The molecule has 1 N–H and O–H groups in total. The highest BCUT2D eigenvalue weighted by Crippen LogP contribution is 2.35. The van der Waals surface area contributed by atoms with Crippen molar-refractivity contribution in [1.82, 2.24) is 5.32 Å². The van der Waals surface area contributed by atoms with Crippen molar-refractivity contribution in [2.24, 2.45) is 0 Å². The van der Waals surface area contributed by atoms with Crippen molar-refractivity contribution in [1.29, 1.82) is 0 Å². The second-order valence-corrected chi connectivity index (χ2v) is 7.50. The van der Waals surface area contributed by atoms with Gasteiger partial charge in [0.2, 0.25) is 0 Å². The molecule has 6 heteroatoms. The molecule has 3 nitrogen and oxygen atoms in total. The van der Waals surface area contributed by atoms with Crippen molar-refractivity contribution < 1.29 is 9.47 Å². The Morgan fingerprint density at radius 2 is 1.85 bits per heavy atom. The standard InChI is InChI=1S/C20H20BrNO2S.ClH/c1-23-19-11-17(21)10-16(12-22-13-18-8-5-9-25-18)20(19)24-14-15-6-3-2-4-7-15;/h2-11,22H,12-14H2,1H3;1H. The number of hydrogen-bond acceptors (Lipinski definition) is 4. The molecule has 3 aromatic rings. The first kappa shape index (κ1) is 20.8. The molecular weight excluding hydrogens is 434 g/mol. The zero-order valence-electron chi connectivity index (χ0n) is 14.4. The molecular formula is C20H21BrClNO2S. The van der Waals surface area contributed by atoms with Gasteiger partial charge in [-0.25, -0.2) is 0 Å². The molecule has 0 fully saturated rings. The summed E-state index contributed by atoms with van der Waals surface area (Å²) in [6.45, 7) is 2.05. The van der Waals surface area contributed by atoms with E-state index in [0.717, 1.165) is 33.6 Å². The molecule has 0 aliphatic rings. The first-order valence-electron chi connectivity index (χ1n) is 8.02. The number of halogens is 2. The number of benzene rings is 2. The van der Waals surface area contributed by atoms with E-state index in [0.29, 0.717) is 13.2 Å². The van der Waals surface area contributed by atoms with Gasteiger partial charge < -0.3 is 14.8 Å². The normalized spacial score (nSPS) is 10.2. The van der Waals surface area contributed by atoms with Crippen molar-refractivity contribution in [2.75, 3.05) is 7.11 Å². The summed E-state index contributed by atoms with van der Waals surface area (Å²) >= 11 is 5.31. The minimum Gasteiger partial charge on any atom is -0.493 e. The van der Waals surface area contributed by atoms with E-state index in [2.05, 4.69) is 57.0 Å². The van der Waals surface area contributed by atoms with Crippen molar-refractivity contribution in [3.8, 4) is 11.5 Å². The molecule has 1 heterocycles. The lowest BCUT2D eigenvalue weighted by Gasteiger charge is -2.16. The van der Waals surface area contributed by atoms with Gasteiger partial charge in [0.05, 0.1) is 7.11 Å². The third-order valence-electron chi connectivity index (χ3n) is 3.74. The van der Waals surface area contributed by atoms with Gasteiger partial charge in [-0.15, -0.1) is 23.7 Å². The molecule has 3 rings (SSSR count). The number of thiophene rings is 1. The predicted octanol–water partition coefficient (Wildman–Crippen LogP) is 5.81. The molecule has 0 saturated carbocycles. The van der Waals surface area contributed by atoms with Crippen LogP contribution in [-0.2, 0) is 19.7 Å². The summed E-state index contributed by atoms with van der Waals surface area (Å²) in [4.78, 5) is 1.31. The SMILES string of the molecule is COc1cc(Br)cc(CNCc2cccs2)c1OCc1ccccc1.Cl. The average Bonchev–Trinajstić information content (AvgIpc) is 3.14. The third-order valence-corrected chi connectivity index (χ3v) is 5.07. The van der Waals surface area contributed by atoms with Crippen LogP contribution in [-0.4, -0.2) is 7.11 Å². The highest BCUT2D eigenvalue weighted by atomic mass is 79.9. The molecule has 1 aromatic heterocycles. The largest absolute Gasteiger partial charge is 0.493 e. The molecule has 0 unspecified atom stereocenters. The van der Waals surface area contributed by atoms with Crippen LogP contribution in [0, 0.1) is 0 Å². The fourth-order valence-electron chi connectivity index (χ4n) is 2.53. The van der Waals surface area contributed by atoms with Crippen molar-refractivity contribution >= 4 is 39.7 Å². The predicted molar refractivity (Wildman–Crippen MR) is 114 cm³/mol. The molecule has 0 bridgehead atoms. The van der Waals surface area contributed by atoms with E-state index < -0.39 is 0 Å². The molecule has 0 atom stereocenters. The zero-order chi connectivity index (χ0) is 17.5. The fraction of sp³-hybridized carbons (Fsp3) is 0.200. The lowest BCUT2D eigenvalue weighted by molar-refractivity contribution is 0.280. The Morgan fingerprint density at radius 1 is 1.04 bits per heavy atom. The lowest BCUT2D eigenvalue weighted by atomic mass is 10.1. The monoisotopic (exact) mass is 453 g/mol. The van der Waals surface area contributed by atoms with E-state index in [-0.39, 0.29) is 12.4 Å². The van der Waals surface area contributed by atoms with Crippen molar-refractivity contribution in [2.45, 2.75) is 19.7 Å². The fourth-order valence-corrected chi connectivity index (χ4v) is 3.69. The molecule has 0 aliphatic heterocycles. The maximum atomic E-state index is 6.10. The molecule has 2 aromatic carbocycles. The van der Waals surface area contributed by atoms with Gasteiger partial charge in [0.1, 0.15) is 6.61 Å². The van der Waals surface area contributed by atoms with E-state index in [1.54, 1.807) is 18.4 Å². The Balaban J connectivity index is 0.00000243. The van der Waals surface area contributed by atoms with Gasteiger partial charge in [-0.3, -0.25) is 0 Å². The van der Waals surface area contributed by atoms with Gasteiger partial charge in [-0.1, -0.05) is 52.3 Å². The molecule has 0 radical (unpaired) electrons. The van der Waals surface area contributed by atoms with Gasteiger partial charge in [0, 0.05) is 28.0 Å². The van der Waals surface area contributed by atoms with Crippen LogP contribution in [0.1, 0.15) is 16.0 Å². The summed E-state index contributed by atoms with van der Waals surface area (Å²) in [6, 6.07) is 18.4. The van der Waals surface area contributed by atoms with E-state index in [9.17, 15) is 0 Å². The van der Waals surface area contributed by atoms with Crippen LogP contribution in [0.25, 0.3) is 0 Å². The quantitative estimate of drug-likeness (QED) is 0.466. The molecule has 26 heavy (non-hydrogen) atoms. The van der Waals surface area contributed by atoms with Crippen LogP contribution in [0.4, 0.5) is 0 Å². The zero-order valence-corrected chi connectivity index (χ0v) is 17.6. The Morgan fingerprint density at radius 3 is 2.54 bits per heavy atom. The van der Waals surface area contributed by atoms with Gasteiger partial charge in [-0.2, -0.15) is 0 Å². The second-order valence-electron chi connectivity index (χ2n) is 5.55. The number of rotatable bonds is 8. The van der Waals surface area contributed by atoms with E-state index in [4.69, 9.17) is 9.47 Å².